The molecule has 0 fully saturated rings. The molecule has 1 heterocycles. The molecule has 0 spiro atoms. The first-order valence-electron chi connectivity index (χ1n) is 6.37. The highest BCUT2D eigenvalue weighted by atomic mass is 16.5. The number of rotatable bonds is 6. The SMILES string of the molecule is Cc1conc1CNC(=O)NCCCNC(=O)N(C)C. The normalized spacial score (nSPS) is 9.95. The quantitative estimate of drug-likeness (QED) is 0.660. The zero-order chi connectivity index (χ0) is 15.0. The highest BCUT2D eigenvalue weighted by molar-refractivity contribution is 5.74. The maximum atomic E-state index is 11.5. The van der Waals surface area contributed by atoms with Gasteiger partial charge < -0.3 is 25.4 Å². The number of hydrogen-bond donors (Lipinski definition) is 3. The van der Waals surface area contributed by atoms with E-state index in [1.807, 2.05) is 6.92 Å². The first-order valence-corrected chi connectivity index (χ1v) is 6.37. The second kappa shape index (κ2) is 8.03. The maximum absolute atomic E-state index is 11.5. The van der Waals surface area contributed by atoms with Crippen LogP contribution >= 0.6 is 0 Å². The molecule has 8 heteroatoms. The second-order valence-corrected chi connectivity index (χ2v) is 4.53. The predicted molar refractivity (Wildman–Crippen MR) is 73.2 cm³/mol. The van der Waals surface area contributed by atoms with Crippen LogP contribution in [0.5, 0.6) is 0 Å². The van der Waals surface area contributed by atoms with Crippen LogP contribution in [0.3, 0.4) is 0 Å². The van der Waals surface area contributed by atoms with Crippen molar-refractivity contribution < 1.29 is 14.1 Å². The minimum atomic E-state index is -0.272. The van der Waals surface area contributed by atoms with Crippen molar-refractivity contribution in [2.45, 2.75) is 19.9 Å². The van der Waals surface area contributed by atoms with Gasteiger partial charge >= 0.3 is 12.1 Å². The van der Waals surface area contributed by atoms with E-state index in [1.54, 1.807) is 14.1 Å². The van der Waals surface area contributed by atoms with Gasteiger partial charge in [0.1, 0.15) is 12.0 Å². The molecule has 8 nitrogen and oxygen atoms in total. The Morgan fingerprint density at radius 3 is 2.55 bits per heavy atom. The van der Waals surface area contributed by atoms with Crippen LogP contribution < -0.4 is 16.0 Å². The number of aryl methyl sites for hydroxylation is 1. The number of carbonyl (C=O) groups is 2. The Balaban J connectivity index is 2.06. The van der Waals surface area contributed by atoms with Gasteiger partial charge in [-0.25, -0.2) is 9.59 Å². The van der Waals surface area contributed by atoms with Gasteiger partial charge in [-0.05, 0) is 13.3 Å². The number of carbonyl (C=O) groups excluding carboxylic acids is 2. The summed E-state index contributed by atoms with van der Waals surface area (Å²) in [6, 6.07) is -0.415. The third-order valence-electron chi connectivity index (χ3n) is 2.59. The Morgan fingerprint density at radius 1 is 1.25 bits per heavy atom. The first-order chi connectivity index (χ1) is 9.50. The highest BCUT2D eigenvalue weighted by Gasteiger charge is 2.05. The molecule has 0 aliphatic carbocycles. The van der Waals surface area contributed by atoms with Crippen molar-refractivity contribution in [1.82, 2.24) is 26.0 Å². The summed E-state index contributed by atoms with van der Waals surface area (Å²) in [6.07, 6.45) is 2.19. The molecule has 1 aromatic rings. The monoisotopic (exact) mass is 283 g/mol. The molecule has 3 N–H and O–H groups in total. The number of amides is 4. The average molecular weight is 283 g/mol. The Morgan fingerprint density at radius 2 is 1.95 bits per heavy atom. The summed E-state index contributed by atoms with van der Waals surface area (Å²) in [5.74, 6) is 0. The summed E-state index contributed by atoms with van der Waals surface area (Å²) >= 11 is 0. The minimum absolute atomic E-state index is 0.143. The van der Waals surface area contributed by atoms with E-state index in [1.165, 1.54) is 11.2 Å². The van der Waals surface area contributed by atoms with Crippen LogP contribution in [0.1, 0.15) is 17.7 Å². The van der Waals surface area contributed by atoms with Crippen LogP contribution in [0.15, 0.2) is 10.8 Å². The van der Waals surface area contributed by atoms with Crippen molar-refractivity contribution in [1.29, 1.82) is 0 Å². The van der Waals surface area contributed by atoms with Crippen LogP contribution in [-0.4, -0.2) is 49.3 Å². The fraction of sp³-hybridized carbons (Fsp3) is 0.583. The number of aromatic nitrogens is 1. The lowest BCUT2D eigenvalue weighted by Gasteiger charge is -2.12. The summed E-state index contributed by atoms with van der Waals surface area (Å²) in [4.78, 5) is 24.1. The van der Waals surface area contributed by atoms with Gasteiger partial charge in [0, 0.05) is 32.7 Å². The minimum Gasteiger partial charge on any atom is -0.364 e. The van der Waals surface area contributed by atoms with Crippen LogP contribution in [0, 0.1) is 6.92 Å². The lowest BCUT2D eigenvalue weighted by atomic mass is 10.3. The zero-order valence-corrected chi connectivity index (χ0v) is 12.0. The van der Waals surface area contributed by atoms with Crippen molar-refractivity contribution in [3.8, 4) is 0 Å². The Hall–Kier alpha value is -2.25. The van der Waals surface area contributed by atoms with Crippen LogP contribution in [0.25, 0.3) is 0 Å². The van der Waals surface area contributed by atoms with E-state index in [4.69, 9.17) is 4.52 Å². The summed E-state index contributed by atoms with van der Waals surface area (Å²) in [6.45, 7) is 3.18. The molecule has 0 radical (unpaired) electrons. The fourth-order valence-corrected chi connectivity index (χ4v) is 1.35. The molecule has 0 bridgehead atoms. The van der Waals surface area contributed by atoms with Crippen molar-refractivity contribution in [3.05, 3.63) is 17.5 Å². The lowest BCUT2D eigenvalue weighted by Crippen LogP contribution is -2.38. The summed E-state index contributed by atoms with van der Waals surface area (Å²) < 4.78 is 4.77. The van der Waals surface area contributed by atoms with E-state index in [-0.39, 0.29) is 12.1 Å². The molecule has 1 aromatic heterocycles. The maximum Gasteiger partial charge on any atom is 0.316 e. The van der Waals surface area contributed by atoms with Gasteiger partial charge in [-0.15, -0.1) is 0 Å². The molecular formula is C12H21N5O3. The summed E-state index contributed by atoms with van der Waals surface area (Å²) in [7, 11) is 3.35. The Kier molecular flexibility index (Phi) is 6.34. The summed E-state index contributed by atoms with van der Waals surface area (Å²) in [5.41, 5.74) is 1.61. The molecule has 0 aliphatic rings. The molecule has 20 heavy (non-hydrogen) atoms. The smallest absolute Gasteiger partial charge is 0.316 e. The molecule has 4 amide bonds. The standard InChI is InChI=1S/C12H21N5O3/c1-9-8-20-16-10(9)7-15-11(18)13-5-4-6-14-12(19)17(2)3/h8H,4-7H2,1-3H3,(H,14,19)(H2,13,15,18). The predicted octanol–water partition coefficient (Wildman–Crippen LogP) is 0.444. The van der Waals surface area contributed by atoms with E-state index in [0.29, 0.717) is 31.7 Å². The van der Waals surface area contributed by atoms with Gasteiger partial charge in [0.05, 0.1) is 6.54 Å². The van der Waals surface area contributed by atoms with E-state index < -0.39 is 0 Å². The molecule has 0 saturated heterocycles. The van der Waals surface area contributed by atoms with E-state index in [9.17, 15) is 9.59 Å². The van der Waals surface area contributed by atoms with E-state index in [0.717, 1.165) is 5.56 Å². The highest BCUT2D eigenvalue weighted by Crippen LogP contribution is 2.02. The molecular weight excluding hydrogens is 262 g/mol. The lowest BCUT2D eigenvalue weighted by molar-refractivity contribution is 0.217. The topological polar surface area (TPSA) is 99.5 Å². The van der Waals surface area contributed by atoms with Gasteiger partial charge in [0.25, 0.3) is 0 Å². The van der Waals surface area contributed by atoms with Crippen LogP contribution in [0.2, 0.25) is 0 Å². The fourth-order valence-electron chi connectivity index (χ4n) is 1.35. The largest absolute Gasteiger partial charge is 0.364 e. The van der Waals surface area contributed by atoms with Gasteiger partial charge in [0.15, 0.2) is 0 Å². The van der Waals surface area contributed by atoms with Gasteiger partial charge in [0.2, 0.25) is 0 Å². The second-order valence-electron chi connectivity index (χ2n) is 4.53. The number of nitrogens with zero attached hydrogens (tertiary/aromatic N) is 2. The molecule has 0 saturated carbocycles. The molecule has 0 atom stereocenters. The Labute approximate surface area is 117 Å². The van der Waals surface area contributed by atoms with Crippen molar-refractivity contribution >= 4 is 12.1 Å². The summed E-state index contributed by atoms with van der Waals surface area (Å²) in [5, 5.41) is 11.8. The van der Waals surface area contributed by atoms with Crippen molar-refractivity contribution in [2.24, 2.45) is 0 Å². The van der Waals surface area contributed by atoms with Crippen LogP contribution in [0.4, 0.5) is 9.59 Å². The third-order valence-corrected chi connectivity index (χ3v) is 2.59. The van der Waals surface area contributed by atoms with Gasteiger partial charge in [-0.2, -0.15) is 0 Å². The third kappa shape index (κ3) is 5.59. The molecule has 0 aromatic carbocycles. The number of hydrogen-bond acceptors (Lipinski definition) is 4. The van der Waals surface area contributed by atoms with Gasteiger partial charge in [-0.1, -0.05) is 5.16 Å². The van der Waals surface area contributed by atoms with Crippen molar-refractivity contribution in [2.75, 3.05) is 27.2 Å². The van der Waals surface area contributed by atoms with Gasteiger partial charge in [-0.3, -0.25) is 0 Å². The number of urea groups is 2. The molecule has 0 unspecified atom stereocenters. The first kappa shape index (κ1) is 15.8. The Bertz CT molecular complexity index is 444. The van der Waals surface area contributed by atoms with Crippen LogP contribution in [-0.2, 0) is 6.54 Å². The zero-order valence-electron chi connectivity index (χ0n) is 12.0. The molecule has 112 valence electrons. The molecule has 0 aliphatic heterocycles. The van der Waals surface area contributed by atoms with E-state index in [2.05, 4.69) is 21.1 Å². The average Bonchev–Trinajstić information content (AvgIpc) is 2.81. The van der Waals surface area contributed by atoms with E-state index >= 15 is 0 Å². The van der Waals surface area contributed by atoms with Crippen molar-refractivity contribution in [3.63, 3.8) is 0 Å². The molecule has 1 rings (SSSR count). The number of nitrogens with one attached hydrogen (secondary N) is 3.